The highest BCUT2D eigenvalue weighted by molar-refractivity contribution is 5.78. The second-order valence-corrected chi connectivity index (χ2v) is 4.32. The minimum absolute atomic E-state index is 0.0744. The molecule has 0 spiro atoms. The largest absolute Gasteiger partial charge is 0.394 e. The predicted molar refractivity (Wildman–Crippen MR) is 64.0 cm³/mol. The summed E-state index contributed by atoms with van der Waals surface area (Å²) in [5.74, 6) is -0.579. The molecular weight excluding hydrogens is 221 g/mol. The zero-order valence-electron chi connectivity index (χ0n) is 10.1. The van der Waals surface area contributed by atoms with E-state index in [0.29, 0.717) is 6.42 Å². The molecule has 2 atom stereocenters. The third-order valence-electron chi connectivity index (χ3n) is 2.57. The van der Waals surface area contributed by atoms with Gasteiger partial charge in [-0.25, -0.2) is 4.39 Å². The standard InChI is InChI=1S/C13H18FNO2/c1-9(13(17)15-10(2)8-16)7-11-3-5-12(14)6-4-11/h3-6,9-10,16H,7-8H2,1-2H3,(H,15,17)/t9?,10-/m0/s1. The van der Waals surface area contributed by atoms with E-state index in [4.69, 9.17) is 5.11 Å². The van der Waals surface area contributed by atoms with Gasteiger partial charge in [-0.1, -0.05) is 19.1 Å². The van der Waals surface area contributed by atoms with Crippen LogP contribution in [0, 0.1) is 11.7 Å². The Kier molecular flexibility index (Phi) is 5.10. The van der Waals surface area contributed by atoms with Gasteiger partial charge in [-0.05, 0) is 31.0 Å². The highest BCUT2D eigenvalue weighted by Crippen LogP contribution is 2.10. The van der Waals surface area contributed by atoms with Crippen molar-refractivity contribution in [3.05, 3.63) is 35.6 Å². The van der Waals surface area contributed by atoms with E-state index >= 15 is 0 Å². The molecular formula is C13H18FNO2. The van der Waals surface area contributed by atoms with Crippen molar-refractivity contribution in [1.29, 1.82) is 0 Å². The molecule has 0 saturated carbocycles. The van der Waals surface area contributed by atoms with Gasteiger partial charge in [0.25, 0.3) is 0 Å². The van der Waals surface area contributed by atoms with Crippen LogP contribution in [0.2, 0.25) is 0 Å². The molecule has 0 heterocycles. The maximum atomic E-state index is 12.7. The summed E-state index contributed by atoms with van der Waals surface area (Å²) >= 11 is 0. The Bertz CT molecular complexity index is 364. The number of benzene rings is 1. The Balaban J connectivity index is 2.51. The second-order valence-electron chi connectivity index (χ2n) is 4.32. The molecule has 17 heavy (non-hydrogen) atoms. The number of aliphatic hydroxyl groups excluding tert-OH is 1. The number of halogens is 1. The first-order valence-corrected chi connectivity index (χ1v) is 5.68. The summed E-state index contributed by atoms with van der Waals surface area (Å²) < 4.78 is 12.7. The van der Waals surface area contributed by atoms with Crippen LogP contribution in [-0.2, 0) is 11.2 Å². The van der Waals surface area contributed by atoms with Crippen LogP contribution in [0.3, 0.4) is 0 Å². The first-order valence-electron chi connectivity index (χ1n) is 5.68. The fourth-order valence-electron chi connectivity index (χ4n) is 1.50. The first-order chi connectivity index (χ1) is 8.02. The summed E-state index contributed by atoms with van der Waals surface area (Å²) in [5.41, 5.74) is 0.922. The molecule has 0 aliphatic rings. The fourth-order valence-corrected chi connectivity index (χ4v) is 1.50. The Morgan fingerprint density at radius 3 is 2.47 bits per heavy atom. The van der Waals surface area contributed by atoms with E-state index in [-0.39, 0.29) is 30.3 Å². The number of carbonyl (C=O) groups is 1. The Labute approximate surface area is 101 Å². The molecule has 1 amide bonds. The van der Waals surface area contributed by atoms with Gasteiger partial charge in [0.05, 0.1) is 6.61 Å². The number of carbonyl (C=O) groups excluding carboxylic acids is 1. The van der Waals surface area contributed by atoms with Gasteiger partial charge in [-0.3, -0.25) is 4.79 Å². The van der Waals surface area contributed by atoms with E-state index in [9.17, 15) is 9.18 Å². The molecule has 0 fully saturated rings. The highest BCUT2D eigenvalue weighted by Gasteiger charge is 2.15. The third kappa shape index (κ3) is 4.53. The van der Waals surface area contributed by atoms with Gasteiger partial charge < -0.3 is 10.4 Å². The quantitative estimate of drug-likeness (QED) is 0.818. The number of hydrogen-bond acceptors (Lipinski definition) is 2. The average molecular weight is 239 g/mol. The normalized spacial score (nSPS) is 14.1. The zero-order valence-corrected chi connectivity index (χ0v) is 10.1. The van der Waals surface area contributed by atoms with Crippen LogP contribution < -0.4 is 5.32 Å². The van der Waals surface area contributed by atoms with Crippen molar-refractivity contribution in [3.8, 4) is 0 Å². The molecule has 3 nitrogen and oxygen atoms in total. The zero-order chi connectivity index (χ0) is 12.8. The van der Waals surface area contributed by atoms with Crippen LogP contribution >= 0.6 is 0 Å². The Hall–Kier alpha value is -1.42. The smallest absolute Gasteiger partial charge is 0.223 e. The molecule has 0 radical (unpaired) electrons. The van der Waals surface area contributed by atoms with E-state index in [1.165, 1.54) is 12.1 Å². The molecule has 4 heteroatoms. The van der Waals surface area contributed by atoms with Crippen LogP contribution in [0.15, 0.2) is 24.3 Å². The van der Waals surface area contributed by atoms with E-state index in [2.05, 4.69) is 5.32 Å². The topological polar surface area (TPSA) is 49.3 Å². The summed E-state index contributed by atoms with van der Waals surface area (Å²) in [6.07, 6.45) is 0.560. The molecule has 1 aromatic carbocycles. The monoisotopic (exact) mass is 239 g/mol. The number of rotatable bonds is 5. The van der Waals surface area contributed by atoms with Gasteiger partial charge in [-0.2, -0.15) is 0 Å². The SMILES string of the molecule is CC(Cc1ccc(F)cc1)C(=O)N[C@@H](C)CO. The fraction of sp³-hybridized carbons (Fsp3) is 0.462. The van der Waals surface area contributed by atoms with Crippen molar-refractivity contribution in [2.24, 2.45) is 5.92 Å². The lowest BCUT2D eigenvalue weighted by molar-refractivity contribution is -0.125. The molecule has 1 unspecified atom stereocenters. The molecule has 0 aliphatic carbocycles. The summed E-state index contributed by atoms with van der Waals surface area (Å²) in [7, 11) is 0. The van der Waals surface area contributed by atoms with Gasteiger partial charge in [0.15, 0.2) is 0 Å². The number of nitrogens with one attached hydrogen (secondary N) is 1. The molecule has 0 bridgehead atoms. The van der Waals surface area contributed by atoms with Crippen molar-refractivity contribution >= 4 is 5.91 Å². The van der Waals surface area contributed by atoms with Crippen molar-refractivity contribution in [3.63, 3.8) is 0 Å². The summed E-state index contributed by atoms with van der Waals surface area (Å²) in [6.45, 7) is 3.47. The summed E-state index contributed by atoms with van der Waals surface area (Å²) in [5, 5.41) is 11.5. The lowest BCUT2D eigenvalue weighted by Gasteiger charge is -2.15. The molecule has 1 rings (SSSR count). The lowest BCUT2D eigenvalue weighted by Crippen LogP contribution is -2.38. The average Bonchev–Trinajstić information content (AvgIpc) is 2.31. The first kappa shape index (κ1) is 13.6. The molecule has 2 N–H and O–H groups in total. The summed E-state index contributed by atoms with van der Waals surface area (Å²) in [4.78, 5) is 11.7. The minimum Gasteiger partial charge on any atom is -0.394 e. The van der Waals surface area contributed by atoms with E-state index in [1.54, 1.807) is 19.1 Å². The lowest BCUT2D eigenvalue weighted by atomic mass is 10.00. The van der Waals surface area contributed by atoms with Crippen LogP contribution in [0.5, 0.6) is 0 Å². The van der Waals surface area contributed by atoms with Crippen molar-refractivity contribution in [2.45, 2.75) is 26.3 Å². The van der Waals surface area contributed by atoms with Gasteiger partial charge in [0.1, 0.15) is 5.82 Å². The van der Waals surface area contributed by atoms with Crippen LogP contribution in [0.4, 0.5) is 4.39 Å². The van der Waals surface area contributed by atoms with Crippen molar-refractivity contribution < 1.29 is 14.3 Å². The van der Waals surface area contributed by atoms with Crippen molar-refractivity contribution in [2.75, 3.05) is 6.61 Å². The predicted octanol–water partition coefficient (Wildman–Crippen LogP) is 1.50. The van der Waals surface area contributed by atoms with Gasteiger partial charge in [-0.15, -0.1) is 0 Å². The van der Waals surface area contributed by atoms with Gasteiger partial charge in [0.2, 0.25) is 5.91 Å². The minimum atomic E-state index is -0.278. The van der Waals surface area contributed by atoms with Gasteiger partial charge >= 0.3 is 0 Å². The molecule has 0 saturated heterocycles. The number of hydrogen-bond donors (Lipinski definition) is 2. The van der Waals surface area contributed by atoms with E-state index < -0.39 is 0 Å². The Morgan fingerprint density at radius 1 is 1.35 bits per heavy atom. The van der Waals surface area contributed by atoms with Crippen LogP contribution in [0.25, 0.3) is 0 Å². The maximum Gasteiger partial charge on any atom is 0.223 e. The number of aliphatic hydroxyl groups is 1. The molecule has 94 valence electrons. The van der Waals surface area contributed by atoms with Crippen molar-refractivity contribution in [1.82, 2.24) is 5.32 Å². The summed E-state index contributed by atoms with van der Waals surface area (Å²) in [6, 6.07) is 5.88. The highest BCUT2D eigenvalue weighted by atomic mass is 19.1. The number of amides is 1. The van der Waals surface area contributed by atoms with E-state index in [1.807, 2.05) is 6.92 Å². The molecule has 0 aliphatic heterocycles. The Morgan fingerprint density at radius 2 is 1.94 bits per heavy atom. The maximum absolute atomic E-state index is 12.7. The van der Waals surface area contributed by atoms with Crippen LogP contribution in [-0.4, -0.2) is 23.7 Å². The van der Waals surface area contributed by atoms with Crippen LogP contribution in [0.1, 0.15) is 19.4 Å². The van der Waals surface area contributed by atoms with Gasteiger partial charge in [0, 0.05) is 12.0 Å². The second kappa shape index (κ2) is 6.35. The molecule has 0 aromatic heterocycles. The third-order valence-corrected chi connectivity index (χ3v) is 2.57. The molecule has 1 aromatic rings. The van der Waals surface area contributed by atoms with E-state index in [0.717, 1.165) is 5.56 Å².